The first kappa shape index (κ1) is 11.9. The van der Waals surface area contributed by atoms with E-state index in [2.05, 4.69) is 5.32 Å². The number of hydrogen-bond acceptors (Lipinski definition) is 2. The van der Waals surface area contributed by atoms with Crippen LogP contribution in [0.4, 0.5) is 0 Å². The third-order valence-corrected chi connectivity index (χ3v) is 4.38. The van der Waals surface area contributed by atoms with Crippen LogP contribution in [0.25, 0.3) is 0 Å². The molecule has 2 aliphatic carbocycles. The van der Waals surface area contributed by atoms with Gasteiger partial charge < -0.3 is 11.1 Å². The zero-order chi connectivity index (χ0) is 11.4. The largest absolute Gasteiger partial charge is 0.356 e. The van der Waals surface area contributed by atoms with Crippen LogP contribution in [-0.2, 0) is 4.79 Å². The first-order valence-electron chi connectivity index (χ1n) is 6.79. The number of rotatable bonds is 4. The van der Waals surface area contributed by atoms with Crippen LogP contribution in [0, 0.1) is 17.8 Å². The molecule has 2 rings (SSSR count). The maximum atomic E-state index is 11.9. The van der Waals surface area contributed by atoms with Crippen molar-refractivity contribution in [1.29, 1.82) is 0 Å². The molecule has 0 aliphatic heterocycles. The van der Waals surface area contributed by atoms with Crippen LogP contribution in [0.5, 0.6) is 0 Å². The molecule has 1 amide bonds. The summed E-state index contributed by atoms with van der Waals surface area (Å²) < 4.78 is 0. The summed E-state index contributed by atoms with van der Waals surface area (Å²) in [6, 6.07) is 0. The van der Waals surface area contributed by atoms with Crippen molar-refractivity contribution in [3.05, 3.63) is 0 Å². The van der Waals surface area contributed by atoms with Gasteiger partial charge in [-0.25, -0.2) is 0 Å². The Morgan fingerprint density at radius 1 is 1.06 bits per heavy atom. The Labute approximate surface area is 98.2 Å². The number of hydrogen-bond donors (Lipinski definition) is 2. The lowest BCUT2D eigenvalue weighted by Gasteiger charge is -2.19. The molecule has 0 radical (unpaired) electrons. The Morgan fingerprint density at radius 3 is 2.44 bits per heavy atom. The minimum atomic E-state index is 0.292. The van der Waals surface area contributed by atoms with E-state index < -0.39 is 0 Å². The highest BCUT2D eigenvalue weighted by Crippen LogP contribution is 2.30. The Balaban J connectivity index is 1.71. The molecule has 16 heavy (non-hydrogen) atoms. The van der Waals surface area contributed by atoms with E-state index in [9.17, 15) is 4.79 Å². The molecule has 0 bridgehead atoms. The predicted molar refractivity (Wildman–Crippen MR) is 64.9 cm³/mol. The van der Waals surface area contributed by atoms with Gasteiger partial charge in [0.1, 0.15) is 0 Å². The number of amides is 1. The van der Waals surface area contributed by atoms with E-state index in [1.165, 1.54) is 32.1 Å². The number of nitrogens with one attached hydrogen (secondary N) is 1. The molecule has 0 aromatic carbocycles. The second kappa shape index (κ2) is 5.67. The molecule has 0 saturated heterocycles. The molecule has 92 valence electrons. The van der Waals surface area contributed by atoms with Crippen molar-refractivity contribution in [3.63, 3.8) is 0 Å². The van der Waals surface area contributed by atoms with Gasteiger partial charge in [0.05, 0.1) is 0 Å². The summed E-state index contributed by atoms with van der Waals surface area (Å²) in [4.78, 5) is 11.9. The second-order valence-corrected chi connectivity index (χ2v) is 5.41. The average Bonchev–Trinajstić information content (AvgIpc) is 2.96. The molecule has 3 heteroatoms. The third-order valence-electron chi connectivity index (χ3n) is 4.38. The molecule has 2 atom stereocenters. The molecular formula is C13H24N2O. The fourth-order valence-electron chi connectivity index (χ4n) is 3.26. The third kappa shape index (κ3) is 2.76. The van der Waals surface area contributed by atoms with Crippen LogP contribution >= 0.6 is 0 Å². The van der Waals surface area contributed by atoms with Gasteiger partial charge in [-0.15, -0.1) is 0 Å². The molecular weight excluding hydrogens is 200 g/mol. The molecule has 0 aromatic heterocycles. The molecule has 0 heterocycles. The van der Waals surface area contributed by atoms with E-state index in [-0.39, 0.29) is 0 Å². The summed E-state index contributed by atoms with van der Waals surface area (Å²) in [5, 5.41) is 3.14. The monoisotopic (exact) mass is 224 g/mol. The summed E-state index contributed by atoms with van der Waals surface area (Å²) in [5.41, 5.74) is 5.74. The first-order chi connectivity index (χ1) is 7.81. The van der Waals surface area contributed by atoms with Crippen LogP contribution in [0.2, 0.25) is 0 Å². The van der Waals surface area contributed by atoms with Gasteiger partial charge in [-0.2, -0.15) is 0 Å². The maximum absolute atomic E-state index is 11.9. The van der Waals surface area contributed by atoms with E-state index in [0.717, 1.165) is 25.9 Å². The standard InChI is InChI=1S/C13H24N2O/c14-8-11-6-3-7-12(11)9-15-13(16)10-4-1-2-5-10/h10-12H,1-9,14H2,(H,15,16). The lowest BCUT2D eigenvalue weighted by atomic mass is 9.96. The predicted octanol–water partition coefficient (Wildman–Crippen LogP) is 1.67. The minimum Gasteiger partial charge on any atom is -0.356 e. The van der Waals surface area contributed by atoms with Crippen molar-refractivity contribution in [2.45, 2.75) is 44.9 Å². The van der Waals surface area contributed by atoms with E-state index >= 15 is 0 Å². The fraction of sp³-hybridized carbons (Fsp3) is 0.923. The van der Waals surface area contributed by atoms with Crippen molar-refractivity contribution in [3.8, 4) is 0 Å². The van der Waals surface area contributed by atoms with E-state index in [0.29, 0.717) is 23.7 Å². The summed E-state index contributed by atoms with van der Waals surface area (Å²) in [6.45, 7) is 1.64. The molecule has 2 saturated carbocycles. The van der Waals surface area contributed by atoms with E-state index in [1.807, 2.05) is 0 Å². The van der Waals surface area contributed by atoms with Gasteiger partial charge in [-0.05, 0) is 44.1 Å². The van der Waals surface area contributed by atoms with Crippen molar-refractivity contribution in [2.75, 3.05) is 13.1 Å². The van der Waals surface area contributed by atoms with Crippen LogP contribution in [-0.4, -0.2) is 19.0 Å². The van der Waals surface area contributed by atoms with E-state index in [1.54, 1.807) is 0 Å². The van der Waals surface area contributed by atoms with Gasteiger partial charge in [0, 0.05) is 12.5 Å². The number of carbonyl (C=O) groups is 1. The van der Waals surface area contributed by atoms with Crippen molar-refractivity contribution in [2.24, 2.45) is 23.5 Å². The lowest BCUT2D eigenvalue weighted by molar-refractivity contribution is -0.125. The Kier molecular flexibility index (Phi) is 4.22. The Morgan fingerprint density at radius 2 is 1.75 bits per heavy atom. The first-order valence-corrected chi connectivity index (χ1v) is 6.79. The highest BCUT2D eigenvalue weighted by molar-refractivity contribution is 5.78. The molecule has 2 aliphatic rings. The van der Waals surface area contributed by atoms with Gasteiger partial charge in [-0.1, -0.05) is 19.3 Å². The highest BCUT2D eigenvalue weighted by Gasteiger charge is 2.28. The van der Waals surface area contributed by atoms with Crippen LogP contribution in [0.1, 0.15) is 44.9 Å². The van der Waals surface area contributed by atoms with Crippen LogP contribution in [0.15, 0.2) is 0 Å². The van der Waals surface area contributed by atoms with Gasteiger partial charge >= 0.3 is 0 Å². The van der Waals surface area contributed by atoms with Gasteiger partial charge in [0.2, 0.25) is 5.91 Å². The Bertz CT molecular complexity index is 236. The number of nitrogens with two attached hydrogens (primary N) is 1. The smallest absolute Gasteiger partial charge is 0.223 e. The van der Waals surface area contributed by atoms with Crippen LogP contribution < -0.4 is 11.1 Å². The van der Waals surface area contributed by atoms with Crippen LogP contribution in [0.3, 0.4) is 0 Å². The second-order valence-electron chi connectivity index (χ2n) is 5.41. The average molecular weight is 224 g/mol. The highest BCUT2D eigenvalue weighted by atomic mass is 16.1. The summed E-state index contributed by atoms with van der Waals surface area (Å²) in [7, 11) is 0. The van der Waals surface area contributed by atoms with Crippen molar-refractivity contribution < 1.29 is 4.79 Å². The Hall–Kier alpha value is -0.570. The van der Waals surface area contributed by atoms with Gasteiger partial charge in [0.25, 0.3) is 0 Å². The molecule has 3 N–H and O–H groups in total. The molecule has 2 unspecified atom stereocenters. The topological polar surface area (TPSA) is 55.1 Å². The van der Waals surface area contributed by atoms with Crippen molar-refractivity contribution in [1.82, 2.24) is 5.32 Å². The summed E-state index contributed by atoms with van der Waals surface area (Å²) in [6.07, 6.45) is 8.42. The van der Waals surface area contributed by atoms with Gasteiger partial charge in [0.15, 0.2) is 0 Å². The van der Waals surface area contributed by atoms with E-state index in [4.69, 9.17) is 5.73 Å². The van der Waals surface area contributed by atoms with Crippen molar-refractivity contribution >= 4 is 5.91 Å². The molecule has 2 fully saturated rings. The lowest BCUT2D eigenvalue weighted by Crippen LogP contribution is -2.35. The molecule has 3 nitrogen and oxygen atoms in total. The summed E-state index contributed by atoms with van der Waals surface area (Å²) in [5.74, 6) is 1.87. The normalized spacial score (nSPS) is 30.8. The SMILES string of the molecule is NCC1CCCC1CNC(=O)C1CCCC1. The zero-order valence-electron chi connectivity index (χ0n) is 10.1. The fourth-order valence-corrected chi connectivity index (χ4v) is 3.26. The van der Waals surface area contributed by atoms with Gasteiger partial charge in [-0.3, -0.25) is 4.79 Å². The quantitative estimate of drug-likeness (QED) is 0.763. The molecule has 0 spiro atoms. The zero-order valence-corrected chi connectivity index (χ0v) is 10.1. The minimum absolute atomic E-state index is 0.292. The molecule has 0 aromatic rings. The number of carbonyl (C=O) groups excluding carboxylic acids is 1. The maximum Gasteiger partial charge on any atom is 0.223 e. The summed E-state index contributed by atoms with van der Waals surface area (Å²) >= 11 is 0.